The highest BCUT2D eigenvalue weighted by Gasteiger charge is 2.17. The van der Waals surface area contributed by atoms with Crippen molar-refractivity contribution in [3.8, 4) is 11.5 Å². The third-order valence-corrected chi connectivity index (χ3v) is 4.80. The minimum absolute atomic E-state index is 0.0450. The fourth-order valence-corrected chi connectivity index (χ4v) is 3.26. The lowest BCUT2D eigenvalue weighted by atomic mass is 10.0. The number of halogens is 1. The Kier molecular flexibility index (Phi) is 5.09. The fraction of sp³-hybridized carbons (Fsp3) is 0.316. The van der Waals surface area contributed by atoms with Gasteiger partial charge in [0.15, 0.2) is 11.5 Å². The second-order valence-corrected chi connectivity index (χ2v) is 6.63. The van der Waals surface area contributed by atoms with Crippen molar-refractivity contribution >= 4 is 27.5 Å². The predicted molar refractivity (Wildman–Crippen MR) is 98.0 cm³/mol. The maximum atomic E-state index is 12.5. The summed E-state index contributed by atoms with van der Waals surface area (Å²) in [7, 11) is 0. The lowest BCUT2D eigenvalue weighted by molar-refractivity contribution is -0.115. The molecule has 0 fully saturated rings. The van der Waals surface area contributed by atoms with Crippen LogP contribution in [0.5, 0.6) is 11.5 Å². The molecule has 0 radical (unpaired) electrons. The monoisotopic (exact) mass is 389 g/mol. The molecule has 2 aromatic carbocycles. The van der Waals surface area contributed by atoms with Crippen molar-refractivity contribution in [1.82, 2.24) is 0 Å². The molecule has 0 aliphatic carbocycles. The largest absolute Gasteiger partial charge is 0.486 e. The normalized spacial score (nSPS) is 12.8. The second kappa shape index (κ2) is 7.26. The van der Waals surface area contributed by atoms with E-state index in [4.69, 9.17) is 9.47 Å². The zero-order valence-electron chi connectivity index (χ0n) is 13.8. The Bertz CT molecular complexity index is 773. The van der Waals surface area contributed by atoms with Crippen molar-refractivity contribution in [2.75, 3.05) is 18.5 Å². The molecule has 5 heteroatoms. The van der Waals surface area contributed by atoms with Gasteiger partial charge in [-0.3, -0.25) is 4.79 Å². The van der Waals surface area contributed by atoms with Crippen LogP contribution in [0.1, 0.15) is 23.6 Å². The van der Waals surface area contributed by atoms with E-state index in [0.717, 1.165) is 33.3 Å². The molecule has 1 amide bonds. The molecule has 1 aliphatic heterocycles. The number of nitrogens with one attached hydrogen (secondary N) is 1. The number of para-hydroxylation sites is 1. The Balaban J connectivity index is 1.78. The molecular weight excluding hydrogens is 370 g/mol. The van der Waals surface area contributed by atoms with Gasteiger partial charge >= 0.3 is 0 Å². The van der Waals surface area contributed by atoms with Gasteiger partial charge in [-0.1, -0.05) is 41.1 Å². The number of rotatable bonds is 4. The molecule has 0 bridgehead atoms. The first-order valence-electron chi connectivity index (χ1n) is 8.05. The van der Waals surface area contributed by atoms with E-state index in [9.17, 15) is 4.79 Å². The number of anilines is 1. The SMILES string of the molecule is CCc1cccc(C)c1NC(=O)Cc1cc2c(cc1Br)OCCO2. The molecule has 0 unspecified atom stereocenters. The van der Waals surface area contributed by atoms with E-state index in [0.29, 0.717) is 24.7 Å². The number of hydrogen-bond acceptors (Lipinski definition) is 3. The number of carbonyl (C=O) groups excluding carboxylic acids is 1. The van der Waals surface area contributed by atoms with Crippen LogP contribution in [0.15, 0.2) is 34.8 Å². The van der Waals surface area contributed by atoms with E-state index in [1.165, 1.54) is 0 Å². The first-order chi connectivity index (χ1) is 11.6. The molecule has 0 atom stereocenters. The molecular formula is C19H20BrNO3. The van der Waals surface area contributed by atoms with Crippen LogP contribution in [0.3, 0.4) is 0 Å². The summed E-state index contributed by atoms with van der Waals surface area (Å²) in [6.07, 6.45) is 1.15. The minimum atomic E-state index is -0.0450. The summed E-state index contributed by atoms with van der Waals surface area (Å²) in [6, 6.07) is 9.80. The maximum absolute atomic E-state index is 12.5. The van der Waals surface area contributed by atoms with Crippen LogP contribution in [0, 0.1) is 6.92 Å². The third-order valence-electron chi connectivity index (χ3n) is 4.07. The van der Waals surface area contributed by atoms with Gasteiger partial charge in [0.25, 0.3) is 0 Å². The van der Waals surface area contributed by atoms with Crippen molar-refractivity contribution in [2.24, 2.45) is 0 Å². The van der Waals surface area contributed by atoms with Gasteiger partial charge in [-0.2, -0.15) is 0 Å². The third kappa shape index (κ3) is 3.56. The Morgan fingerprint density at radius 3 is 2.58 bits per heavy atom. The van der Waals surface area contributed by atoms with Crippen LogP contribution >= 0.6 is 15.9 Å². The number of hydrogen-bond donors (Lipinski definition) is 1. The summed E-state index contributed by atoms with van der Waals surface area (Å²) in [4.78, 5) is 12.5. The highest BCUT2D eigenvalue weighted by Crippen LogP contribution is 2.35. The van der Waals surface area contributed by atoms with Crippen LogP contribution in [-0.4, -0.2) is 19.1 Å². The van der Waals surface area contributed by atoms with Crippen LogP contribution < -0.4 is 14.8 Å². The predicted octanol–water partition coefficient (Wildman–Crippen LogP) is 4.27. The van der Waals surface area contributed by atoms with Gasteiger partial charge in [0.05, 0.1) is 6.42 Å². The van der Waals surface area contributed by atoms with E-state index < -0.39 is 0 Å². The molecule has 0 saturated heterocycles. The number of fused-ring (bicyclic) bond motifs is 1. The summed E-state index contributed by atoms with van der Waals surface area (Å²) in [5, 5.41) is 3.05. The Hall–Kier alpha value is -2.01. The molecule has 1 N–H and O–H groups in total. The van der Waals surface area contributed by atoms with E-state index in [2.05, 4.69) is 28.2 Å². The average molecular weight is 390 g/mol. The van der Waals surface area contributed by atoms with Gasteiger partial charge in [-0.25, -0.2) is 0 Å². The molecule has 1 aliphatic rings. The molecule has 24 heavy (non-hydrogen) atoms. The Morgan fingerprint density at radius 2 is 1.88 bits per heavy atom. The molecule has 1 heterocycles. The van der Waals surface area contributed by atoms with Gasteiger partial charge in [0.2, 0.25) is 5.91 Å². The topological polar surface area (TPSA) is 47.6 Å². The zero-order valence-corrected chi connectivity index (χ0v) is 15.4. The molecule has 0 aromatic heterocycles. The van der Waals surface area contributed by atoms with E-state index in [1.54, 1.807) is 0 Å². The molecule has 126 valence electrons. The van der Waals surface area contributed by atoms with Crippen molar-refractivity contribution in [3.63, 3.8) is 0 Å². The summed E-state index contributed by atoms with van der Waals surface area (Å²) < 4.78 is 12.0. The zero-order chi connectivity index (χ0) is 17.1. The first-order valence-corrected chi connectivity index (χ1v) is 8.84. The number of aryl methyl sites for hydroxylation is 2. The van der Waals surface area contributed by atoms with Crippen molar-refractivity contribution in [3.05, 3.63) is 51.5 Å². The second-order valence-electron chi connectivity index (χ2n) is 5.77. The number of benzene rings is 2. The van der Waals surface area contributed by atoms with E-state index in [-0.39, 0.29) is 12.3 Å². The van der Waals surface area contributed by atoms with Gasteiger partial charge in [-0.05, 0) is 42.2 Å². The van der Waals surface area contributed by atoms with E-state index in [1.807, 2.05) is 37.3 Å². The van der Waals surface area contributed by atoms with Gasteiger partial charge in [-0.15, -0.1) is 0 Å². The average Bonchev–Trinajstić information content (AvgIpc) is 2.57. The molecule has 0 spiro atoms. The highest BCUT2D eigenvalue weighted by molar-refractivity contribution is 9.10. The molecule has 3 rings (SSSR count). The number of amides is 1. The first kappa shape index (κ1) is 16.8. The van der Waals surface area contributed by atoms with Gasteiger partial charge < -0.3 is 14.8 Å². The smallest absolute Gasteiger partial charge is 0.228 e. The lowest BCUT2D eigenvalue weighted by Crippen LogP contribution is -2.18. The van der Waals surface area contributed by atoms with Crippen LogP contribution in [0.4, 0.5) is 5.69 Å². The van der Waals surface area contributed by atoms with Crippen LogP contribution in [0.2, 0.25) is 0 Å². The quantitative estimate of drug-likeness (QED) is 0.848. The molecule has 2 aromatic rings. The van der Waals surface area contributed by atoms with Crippen molar-refractivity contribution < 1.29 is 14.3 Å². The summed E-state index contributed by atoms with van der Waals surface area (Å²) >= 11 is 3.52. The summed E-state index contributed by atoms with van der Waals surface area (Å²) in [5.41, 5.74) is 4.01. The Morgan fingerprint density at radius 1 is 1.17 bits per heavy atom. The lowest BCUT2D eigenvalue weighted by Gasteiger charge is -2.20. The molecule has 4 nitrogen and oxygen atoms in total. The van der Waals surface area contributed by atoms with Crippen LogP contribution in [0.25, 0.3) is 0 Å². The van der Waals surface area contributed by atoms with Gasteiger partial charge in [0, 0.05) is 10.2 Å². The standard InChI is InChI=1S/C19H20BrNO3/c1-3-13-6-4-5-12(2)19(13)21-18(22)10-14-9-16-17(11-15(14)20)24-8-7-23-16/h4-6,9,11H,3,7-8,10H2,1-2H3,(H,21,22). The van der Waals surface area contributed by atoms with Crippen LogP contribution in [-0.2, 0) is 17.6 Å². The van der Waals surface area contributed by atoms with Gasteiger partial charge in [0.1, 0.15) is 13.2 Å². The van der Waals surface area contributed by atoms with E-state index >= 15 is 0 Å². The number of carbonyl (C=O) groups is 1. The summed E-state index contributed by atoms with van der Waals surface area (Å²) in [5.74, 6) is 1.36. The minimum Gasteiger partial charge on any atom is -0.486 e. The molecule has 0 saturated carbocycles. The number of ether oxygens (including phenoxy) is 2. The van der Waals surface area contributed by atoms with Crippen molar-refractivity contribution in [1.29, 1.82) is 0 Å². The maximum Gasteiger partial charge on any atom is 0.228 e. The van der Waals surface area contributed by atoms with Crippen molar-refractivity contribution in [2.45, 2.75) is 26.7 Å². The fourth-order valence-electron chi connectivity index (χ4n) is 2.80. The summed E-state index contributed by atoms with van der Waals surface area (Å²) in [6.45, 7) is 5.17. The Labute approximate surface area is 150 Å². The highest BCUT2D eigenvalue weighted by atomic mass is 79.9.